The smallest absolute Gasteiger partial charge is 0.262 e. The fourth-order valence-corrected chi connectivity index (χ4v) is 3.67. The Morgan fingerprint density at radius 3 is 2.45 bits per heavy atom. The molecule has 31 heavy (non-hydrogen) atoms. The van der Waals surface area contributed by atoms with Crippen molar-refractivity contribution in [3.63, 3.8) is 0 Å². The Morgan fingerprint density at radius 2 is 1.87 bits per heavy atom. The summed E-state index contributed by atoms with van der Waals surface area (Å²) in [6, 6.07) is 10.1. The van der Waals surface area contributed by atoms with Crippen LogP contribution in [-0.4, -0.2) is 37.8 Å². The van der Waals surface area contributed by atoms with Gasteiger partial charge in [0, 0.05) is 5.56 Å². The Kier molecular flexibility index (Phi) is 9.29. The third kappa shape index (κ3) is 6.95. The van der Waals surface area contributed by atoms with Crippen LogP contribution < -0.4 is 20.2 Å². The summed E-state index contributed by atoms with van der Waals surface area (Å²) >= 11 is 2.15. The lowest BCUT2D eigenvalue weighted by Crippen LogP contribution is -2.48. The third-order valence-corrected chi connectivity index (χ3v) is 5.27. The number of hydrazone groups is 1. The Hall–Kier alpha value is -2.62. The number of hydrogen-bond donors (Lipinski definition) is 2. The number of nitrogens with zero attached hydrogens (tertiary/aromatic N) is 1. The standard InChI is InChI=1S/C23H28IN3O4/c1-6-31-19-12-16(11-18(24)21(19)30-5)13-25-27-23(29)20(14(2)3)26-22(28)17-9-7-15(4)8-10-17/h7-14,20H,6H2,1-5H3,(H,26,28)(H,27,29)/b25-13+. The molecule has 7 nitrogen and oxygen atoms in total. The van der Waals surface area contributed by atoms with Crippen molar-refractivity contribution in [2.45, 2.75) is 33.7 Å². The second kappa shape index (κ2) is 11.7. The Labute approximate surface area is 196 Å². The summed E-state index contributed by atoms with van der Waals surface area (Å²) in [7, 11) is 1.59. The Balaban J connectivity index is 2.08. The van der Waals surface area contributed by atoms with Crippen LogP contribution in [0.25, 0.3) is 0 Å². The molecule has 0 heterocycles. The van der Waals surface area contributed by atoms with E-state index in [2.05, 4.69) is 38.4 Å². The lowest BCUT2D eigenvalue weighted by Gasteiger charge is -2.20. The maximum atomic E-state index is 12.6. The number of halogens is 1. The van der Waals surface area contributed by atoms with Crippen molar-refractivity contribution in [1.29, 1.82) is 0 Å². The minimum Gasteiger partial charge on any atom is -0.492 e. The van der Waals surface area contributed by atoms with Crippen molar-refractivity contribution >= 4 is 40.6 Å². The molecule has 2 rings (SSSR count). The molecule has 2 aromatic rings. The van der Waals surface area contributed by atoms with E-state index in [0.717, 1.165) is 14.7 Å². The first kappa shape index (κ1) is 24.6. The zero-order valence-electron chi connectivity index (χ0n) is 18.4. The number of methoxy groups -OCH3 is 1. The van der Waals surface area contributed by atoms with Crippen molar-refractivity contribution in [2.75, 3.05) is 13.7 Å². The SMILES string of the molecule is CCOc1cc(/C=N/NC(=O)C(NC(=O)c2ccc(C)cc2)C(C)C)cc(I)c1OC. The van der Waals surface area contributed by atoms with Gasteiger partial charge >= 0.3 is 0 Å². The second-order valence-corrected chi connectivity index (χ2v) is 8.42. The molecule has 0 spiro atoms. The normalized spacial score (nSPS) is 12.0. The average Bonchev–Trinajstić information content (AvgIpc) is 2.72. The van der Waals surface area contributed by atoms with Crippen LogP contribution in [0.1, 0.15) is 42.3 Å². The molecular formula is C23H28IN3O4. The number of carbonyl (C=O) groups excluding carboxylic acids is 2. The molecular weight excluding hydrogens is 509 g/mol. The number of hydrogen-bond acceptors (Lipinski definition) is 5. The molecule has 0 saturated heterocycles. The Morgan fingerprint density at radius 1 is 1.19 bits per heavy atom. The summed E-state index contributed by atoms with van der Waals surface area (Å²) in [6.45, 7) is 8.07. The lowest BCUT2D eigenvalue weighted by atomic mass is 10.0. The first-order valence-electron chi connectivity index (χ1n) is 9.97. The first-order valence-corrected chi connectivity index (χ1v) is 11.1. The van der Waals surface area contributed by atoms with E-state index < -0.39 is 6.04 Å². The molecule has 0 fully saturated rings. The van der Waals surface area contributed by atoms with Gasteiger partial charge in [0.2, 0.25) is 0 Å². The van der Waals surface area contributed by atoms with Gasteiger partial charge in [0.05, 0.1) is 23.5 Å². The van der Waals surface area contributed by atoms with E-state index in [1.807, 2.05) is 45.9 Å². The van der Waals surface area contributed by atoms with E-state index >= 15 is 0 Å². The van der Waals surface area contributed by atoms with Gasteiger partial charge in [0.25, 0.3) is 11.8 Å². The number of benzene rings is 2. The molecule has 0 aliphatic carbocycles. The quantitative estimate of drug-likeness (QED) is 0.289. The van der Waals surface area contributed by atoms with Gasteiger partial charge in [0.15, 0.2) is 11.5 Å². The first-order chi connectivity index (χ1) is 14.8. The number of carbonyl (C=O) groups is 2. The molecule has 0 radical (unpaired) electrons. The van der Waals surface area contributed by atoms with Crippen LogP contribution in [0.15, 0.2) is 41.5 Å². The van der Waals surface area contributed by atoms with E-state index in [1.54, 1.807) is 25.3 Å². The maximum absolute atomic E-state index is 12.6. The van der Waals surface area contributed by atoms with Gasteiger partial charge in [0.1, 0.15) is 6.04 Å². The van der Waals surface area contributed by atoms with E-state index in [1.165, 1.54) is 6.21 Å². The lowest BCUT2D eigenvalue weighted by molar-refractivity contribution is -0.123. The predicted molar refractivity (Wildman–Crippen MR) is 130 cm³/mol. The summed E-state index contributed by atoms with van der Waals surface area (Å²) in [5.74, 6) is 0.456. The van der Waals surface area contributed by atoms with Gasteiger partial charge in [-0.3, -0.25) is 9.59 Å². The van der Waals surface area contributed by atoms with Crippen molar-refractivity contribution in [2.24, 2.45) is 11.0 Å². The summed E-state index contributed by atoms with van der Waals surface area (Å²) in [5, 5.41) is 6.85. The van der Waals surface area contributed by atoms with E-state index in [4.69, 9.17) is 9.47 Å². The van der Waals surface area contributed by atoms with Crippen molar-refractivity contribution in [1.82, 2.24) is 10.7 Å². The third-order valence-electron chi connectivity index (χ3n) is 4.47. The molecule has 166 valence electrons. The molecule has 8 heteroatoms. The van der Waals surface area contributed by atoms with Crippen LogP contribution in [0, 0.1) is 16.4 Å². The fourth-order valence-electron chi connectivity index (χ4n) is 2.83. The van der Waals surface area contributed by atoms with E-state index in [-0.39, 0.29) is 17.7 Å². The highest BCUT2D eigenvalue weighted by Gasteiger charge is 2.24. The van der Waals surface area contributed by atoms with Gasteiger partial charge in [-0.2, -0.15) is 5.10 Å². The van der Waals surface area contributed by atoms with Crippen LogP contribution in [0.4, 0.5) is 0 Å². The molecule has 0 aromatic heterocycles. The zero-order chi connectivity index (χ0) is 23.0. The zero-order valence-corrected chi connectivity index (χ0v) is 20.5. The molecule has 1 atom stereocenters. The van der Waals surface area contributed by atoms with Crippen LogP contribution in [0.5, 0.6) is 11.5 Å². The van der Waals surface area contributed by atoms with Gasteiger partial charge < -0.3 is 14.8 Å². The van der Waals surface area contributed by atoms with Gasteiger partial charge in [-0.25, -0.2) is 5.43 Å². The summed E-state index contributed by atoms with van der Waals surface area (Å²) in [5.41, 5.74) is 4.83. The average molecular weight is 537 g/mol. The van der Waals surface area contributed by atoms with Gasteiger partial charge in [-0.15, -0.1) is 0 Å². The van der Waals surface area contributed by atoms with Crippen molar-refractivity contribution in [3.05, 3.63) is 56.7 Å². The minimum atomic E-state index is -0.721. The summed E-state index contributed by atoms with van der Waals surface area (Å²) < 4.78 is 11.9. The molecule has 1 unspecified atom stereocenters. The van der Waals surface area contributed by atoms with Crippen LogP contribution in [-0.2, 0) is 4.79 Å². The molecule has 0 aliphatic heterocycles. The highest BCUT2D eigenvalue weighted by molar-refractivity contribution is 14.1. The molecule has 0 saturated carbocycles. The number of nitrogens with one attached hydrogen (secondary N) is 2. The predicted octanol–water partition coefficient (Wildman–Crippen LogP) is 3.91. The van der Waals surface area contributed by atoms with E-state index in [0.29, 0.717) is 23.7 Å². The van der Waals surface area contributed by atoms with Gasteiger partial charge in [-0.05, 0) is 72.2 Å². The second-order valence-electron chi connectivity index (χ2n) is 7.26. The maximum Gasteiger partial charge on any atom is 0.262 e. The van der Waals surface area contributed by atoms with Crippen LogP contribution >= 0.6 is 22.6 Å². The summed E-state index contributed by atoms with van der Waals surface area (Å²) in [4.78, 5) is 25.2. The molecule has 0 aliphatic rings. The number of aryl methyl sites for hydroxylation is 1. The van der Waals surface area contributed by atoms with Crippen molar-refractivity contribution in [3.8, 4) is 11.5 Å². The topological polar surface area (TPSA) is 89.0 Å². The highest BCUT2D eigenvalue weighted by atomic mass is 127. The number of ether oxygens (including phenoxy) is 2. The van der Waals surface area contributed by atoms with Gasteiger partial charge in [-0.1, -0.05) is 31.5 Å². The molecule has 2 aromatic carbocycles. The van der Waals surface area contributed by atoms with E-state index in [9.17, 15) is 9.59 Å². The minimum absolute atomic E-state index is 0.115. The molecule has 0 bridgehead atoms. The highest BCUT2D eigenvalue weighted by Crippen LogP contribution is 2.33. The number of rotatable bonds is 9. The number of amides is 2. The largest absolute Gasteiger partial charge is 0.492 e. The fraction of sp³-hybridized carbons (Fsp3) is 0.348. The monoisotopic (exact) mass is 537 g/mol. The molecule has 2 N–H and O–H groups in total. The van der Waals surface area contributed by atoms with Crippen LogP contribution in [0.3, 0.4) is 0 Å². The Bertz CT molecular complexity index is 943. The van der Waals surface area contributed by atoms with Crippen molar-refractivity contribution < 1.29 is 19.1 Å². The van der Waals surface area contributed by atoms with Crippen LogP contribution in [0.2, 0.25) is 0 Å². The molecule has 2 amide bonds. The summed E-state index contributed by atoms with van der Waals surface area (Å²) in [6.07, 6.45) is 1.53.